The van der Waals surface area contributed by atoms with E-state index in [1.54, 1.807) is 25.1 Å². The molecule has 0 unspecified atom stereocenters. The van der Waals surface area contributed by atoms with E-state index in [4.69, 9.17) is 11.6 Å². The Morgan fingerprint density at radius 3 is 2.71 bits per heavy atom. The Hall–Kier alpha value is -1.96. The van der Waals surface area contributed by atoms with E-state index in [1.165, 1.54) is 23.9 Å². The molecule has 24 heavy (non-hydrogen) atoms. The zero-order valence-corrected chi connectivity index (χ0v) is 14.8. The van der Waals surface area contributed by atoms with E-state index < -0.39 is 11.7 Å². The van der Waals surface area contributed by atoms with Crippen LogP contribution in [-0.2, 0) is 0 Å². The van der Waals surface area contributed by atoms with Crippen LogP contribution in [0.4, 0.5) is 10.1 Å². The highest BCUT2D eigenvalue weighted by Gasteiger charge is 2.19. The van der Waals surface area contributed by atoms with Crippen LogP contribution in [0.3, 0.4) is 0 Å². The van der Waals surface area contributed by atoms with Crippen LogP contribution >= 0.6 is 34.9 Å². The van der Waals surface area contributed by atoms with Crippen molar-refractivity contribution in [3.05, 3.63) is 64.6 Å². The van der Waals surface area contributed by atoms with Gasteiger partial charge in [0.15, 0.2) is 5.69 Å². The molecule has 4 nitrogen and oxygen atoms in total. The van der Waals surface area contributed by atoms with Crippen molar-refractivity contribution in [1.82, 2.24) is 9.59 Å². The maximum absolute atomic E-state index is 13.9. The molecule has 1 heterocycles. The Labute approximate surface area is 151 Å². The van der Waals surface area contributed by atoms with E-state index >= 15 is 0 Å². The number of nitrogens with one attached hydrogen (secondary N) is 1. The minimum absolute atomic E-state index is 0.112. The van der Waals surface area contributed by atoms with Crippen molar-refractivity contribution in [3.8, 4) is 0 Å². The summed E-state index contributed by atoms with van der Waals surface area (Å²) in [5, 5.41) is 7.03. The zero-order chi connectivity index (χ0) is 17.1. The Morgan fingerprint density at radius 1 is 1.25 bits per heavy atom. The van der Waals surface area contributed by atoms with Crippen LogP contribution in [0.5, 0.6) is 0 Å². The van der Waals surface area contributed by atoms with Gasteiger partial charge in [-0.2, -0.15) is 0 Å². The lowest BCUT2D eigenvalue weighted by Gasteiger charge is -2.06. The number of aryl methyl sites for hydroxylation is 1. The zero-order valence-electron chi connectivity index (χ0n) is 12.4. The van der Waals surface area contributed by atoms with Crippen molar-refractivity contribution >= 4 is 46.5 Å². The van der Waals surface area contributed by atoms with Crippen LogP contribution in [-0.4, -0.2) is 15.5 Å². The molecule has 1 amide bonds. The third-order valence-electron chi connectivity index (χ3n) is 3.07. The molecule has 0 aliphatic heterocycles. The topological polar surface area (TPSA) is 54.9 Å². The normalized spacial score (nSPS) is 10.6. The highest BCUT2D eigenvalue weighted by Crippen LogP contribution is 2.33. The fourth-order valence-electron chi connectivity index (χ4n) is 1.90. The minimum Gasteiger partial charge on any atom is -0.318 e. The number of anilines is 1. The molecule has 0 fully saturated rings. The van der Waals surface area contributed by atoms with Gasteiger partial charge in [-0.15, -0.1) is 5.10 Å². The van der Waals surface area contributed by atoms with Crippen molar-refractivity contribution in [2.45, 2.75) is 16.0 Å². The fraction of sp³-hybridized carbons (Fsp3) is 0.0625. The summed E-state index contributed by atoms with van der Waals surface area (Å²) in [4.78, 5) is 13.3. The maximum atomic E-state index is 13.9. The summed E-state index contributed by atoms with van der Waals surface area (Å²) >= 11 is 8.32. The largest absolute Gasteiger partial charge is 0.318 e. The molecule has 122 valence electrons. The van der Waals surface area contributed by atoms with E-state index in [0.29, 0.717) is 9.23 Å². The summed E-state index contributed by atoms with van der Waals surface area (Å²) in [7, 11) is 0. The molecule has 1 aromatic heterocycles. The molecule has 3 rings (SSSR count). The number of halogens is 2. The van der Waals surface area contributed by atoms with Gasteiger partial charge in [-0.05, 0) is 60.4 Å². The summed E-state index contributed by atoms with van der Waals surface area (Å²) in [6.45, 7) is 1.78. The third kappa shape index (κ3) is 3.92. The van der Waals surface area contributed by atoms with E-state index in [1.807, 2.05) is 12.1 Å². The van der Waals surface area contributed by atoms with E-state index in [9.17, 15) is 9.18 Å². The monoisotopic (exact) mass is 379 g/mol. The molecule has 3 aromatic rings. The number of amides is 1. The van der Waals surface area contributed by atoms with Crippen LogP contribution < -0.4 is 5.32 Å². The van der Waals surface area contributed by atoms with Crippen LogP contribution in [0.2, 0.25) is 5.02 Å². The van der Waals surface area contributed by atoms with Crippen molar-refractivity contribution in [2.24, 2.45) is 0 Å². The number of nitrogens with zero attached hydrogens (tertiary/aromatic N) is 2. The first kappa shape index (κ1) is 16.9. The molecule has 0 radical (unpaired) electrons. The standard InChI is InChI=1S/C16H11ClFN3OS2/c1-9-2-7-13(12(18)8-9)19-15(22)14-16(24-21-20-14)23-11-5-3-10(17)4-6-11/h2-8H,1H3,(H,19,22). The molecule has 0 aliphatic rings. The summed E-state index contributed by atoms with van der Waals surface area (Å²) in [5.74, 6) is -0.985. The van der Waals surface area contributed by atoms with Crippen LogP contribution in [0.25, 0.3) is 0 Å². The summed E-state index contributed by atoms with van der Waals surface area (Å²) in [6, 6.07) is 11.8. The molecule has 0 atom stereocenters. The molecule has 1 N–H and O–H groups in total. The summed E-state index contributed by atoms with van der Waals surface area (Å²) in [5.41, 5.74) is 1.06. The number of hydrogen-bond acceptors (Lipinski definition) is 5. The van der Waals surface area contributed by atoms with Crippen molar-refractivity contribution in [1.29, 1.82) is 0 Å². The number of carbonyl (C=O) groups is 1. The second kappa shape index (κ2) is 7.29. The molecule has 8 heteroatoms. The molecule has 0 saturated heterocycles. The van der Waals surface area contributed by atoms with Gasteiger partial charge in [0.2, 0.25) is 0 Å². The smallest absolute Gasteiger partial charge is 0.278 e. The Bertz CT molecular complexity index is 883. The lowest BCUT2D eigenvalue weighted by atomic mass is 10.2. The van der Waals surface area contributed by atoms with Crippen LogP contribution in [0.1, 0.15) is 16.1 Å². The quantitative estimate of drug-likeness (QED) is 0.689. The van der Waals surface area contributed by atoms with Gasteiger partial charge in [-0.3, -0.25) is 4.79 Å². The van der Waals surface area contributed by atoms with E-state index in [0.717, 1.165) is 22.0 Å². The number of carbonyl (C=O) groups excluding carboxylic acids is 1. The fourth-order valence-corrected chi connectivity index (χ4v) is 3.70. The lowest BCUT2D eigenvalue weighted by molar-refractivity contribution is 0.101. The Morgan fingerprint density at radius 2 is 2.00 bits per heavy atom. The van der Waals surface area contributed by atoms with Gasteiger partial charge in [-0.1, -0.05) is 33.9 Å². The molecular formula is C16H11ClFN3OS2. The third-order valence-corrected chi connectivity index (χ3v) is 5.20. The highest BCUT2D eigenvalue weighted by atomic mass is 35.5. The van der Waals surface area contributed by atoms with Gasteiger partial charge >= 0.3 is 0 Å². The highest BCUT2D eigenvalue weighted by molar-refractivity contribution is 8.01. The second-order valence-electron chi connectivity index (χ2n) is 4.90. The lowest BCUT2D eigenvalue weighted by Crippen LogP contribution is -2.14. The van der Waals surface area contributed by atoms with Crippen molar-refractivity contribution in [3.63, 3.8) is 0 Å². The van der Waals surface area contributed by atoms with Gasteiger partial charge in [0.25, 0.3) is 5.91 Å². The first-order valence-electron chi connectivity index (χ1n) is 6.86. The predicted octanol–water partition coefficient (Wildman–Crippen LogP) is 5.04. The minimum atomic E-state index is -0.497. The summed E-state index contributed by atoms with van der Waals surface area (Å²) < 4.78 is 18.3. The molecule has 0 saturated carbocycles. The average Bonchev–Trinajstić information content (AvgIpc) is 3.00. The molecular weight excluding hydrogens is 369 g/mol. The molecule has 0 aliphatic carbocycles. The van der Waals surface area contributed by atoms with Gasteiger partial charge in [-0.25, -0.2) is 4.39 Å². The first-order chi connectivity index (χ1) is 11.5. The molecule has 0 bridgehead atoms. The van der Waals surface area contributed by atoms with Crippen molar-refractivity contribution < 1.29 is 9.18 Å². The Balaban J connectivity index is 1.78. The first-order valence-corrected chi connectivity index (χ1v) is 8.83. The number of aromatic nitrogens is 2. The van der Waals surface area contributed by atoms with Crippen LogP contribution in [0, 0.1) is 12.7 Å². The molecule has 2 aromatic carbocycles. The van der Waals surface area contributed by atoms with E-state index in [2.05, 4.69) is 14.9 Å². The van der Waals surface area contributed by atoms with E-state index in [-0.39, 0.29) is 11.4 Å². The second-order valence-corrected chi connectivity index (χ2v) is 7.44. The molecule has 0 spiro atoms. The number of benzene rings is 2. The average molecular weight is 380 g/mol. The number of rotatable bonds is 4. The SMILES string of the molecule is Cc1ccc(NC(=O)c2nnsc2Sc2ccc(Cl)cc2)c(F)c1. The predicted molar refractivity (Wildman–Crippen MR) is 94.6 cm³/mol. The van der Waals surface area contributed by atoms with Gasteiger partial charge in [0, 0.05) is 9.92 Å². The van der Waals surface area contributed by atoms with Crippen molar-refractivity contribution in [2.75, 3.05) is 5.32 Å². The van der Waals surface area contributed by atoms with Gasteiger partial charge < -0.3 is 5.32 Å². The van der Waals surface area contributed by atoms with Crippen LogP contribution in [0.15, 0.2) is 51.6 Å². The maximum Gasteiger partial charge on any atom is 0.278 e. The van der Waals surface area contributed by atoms with Gasteiger partial charge in [0.1, 0.15) is 10.0 Å². The number of hydrogen-bond donors (Lipinski definition) is 1. The Kier molecular flexibility index (Phi) is 5.13. The summed E-state index contributed by atoms with van der Waals surface area (Å²) in [6.07, 6.45) is 0. The van der Waals surface area contributed by atoms with Gasteiger partial charge in [0.05, 0.1) is 5.69 Å².